The highest BCUT2D eigenvalue weighted by Gasteiger charge is 2.33. The molecule has 0 aliphatic heterocycles. The quantitative estimate of drug-likeness (QED) is 0.0713. The van der Waals surface area contributed by atoms with Crippen LogP contribution in [0, 0.1) is 0 Å². The fraction of sp³-hybridized carbons (Fsp3) is 0.286. The van der Waals surface area contributed by atoms with Gasteiger partial charge in [0.15, 0.2) is 0 Å². The van der Waals surface area contributed by atoms with Gasteiger partial charge in [-0.05, 0) is 74.6 Å². The molecule has 3 N–H and O–H groups in total. The van der Waals surface area contributed by atoms with Crippen LogP contribution in [-0.4, -0.2) is 17.4 Å². The summed E-state index contributed by atoms with van der Waals surface area (Å²) in [5.74, 6) is -2.83. The van der Waals surface area contributed by atoms with Crippen molar-refractivity contribution in [2.75, 3.05) is 11.9 Å². The second-order valence-corrected chi connectivity index (χ2v) is 9.87. The minimum atomic E-state index is -3.09. The van der Waals surface area contributed by atoms with Gasteiger partial charge in [0, 0.05) is 47.7 Å². The number of alkyl halides is 2. The van der Waals surface area contributed by atoms with E-state index in [0.717, 1.165) is 35.1 Å². The summed E-state index contributed by atoms with van der Waals surface area (Å²) >= 11 is 0. The van der Waals surface area contributed by atoms with E-state index < -0.39 is 12.3 Å². The van der Waals surface area contributed by atoms with Crippen molar-refractivity contribution in [2.24, 2.45) is 10.7 Å². The fourth-order valence-corrected chi connectivity index (χ4v) is 4.53. The van der Waals surface area contributed by atoms with Crippen LogP contribution in [0.5, 0.6) is 0 Å². The highest BCUT2D eigenvalue weighted by Crippen LogP contribution is 2.38. The third kappa shape index (κ3) is 9.70. The normalized spacial score (nSPS) is 12.1. The number of nitrogens with one attached hydrogen (secondary N) is 1. The zero-order valence-corrected chi connectivity index (χ0v) is 24.6. The summed E-state index contributed by atoms with van der Waals surface area (Å²) in [6.07, 6.45) is 10.5. The molecule has 6 heteroatoms. The van der Waals surface area contributed by atoms with Gasteiger partial charge in [0.1, 0.15) is 11.5 Å². The number of nitrogens with two attached hydrogens (primary N) is 1. The van der Waals surface area contributed by atoms with Crippen LogP contribution in [0.4, 0.5) is 14.5 Å². The lowest BCUT2D eigenvalue weighted by Crippen LogP contribution is -2.22. The molecule has 2 aromatic rings. The minimum Gasteiger partial charge on any atom is -0.383 e. The number of rotatable bonds is 16. The summed E-state index contributed by atoms with van der Waals surface area (Å²) in [7, 11) is 0. The summed E-state index contributed by atoms with van der Waals surface area (Å²) in [5.41, 5.74) is 15.4. The summed E-state index contributed by atoms with van der Waals surface area (Å²) in [6, 6.07) is 8.67. The monoisotopic (exact) mass is 556 g/mol. The number of nitrogens with zero attached hydrogens (tertiary/aromatic N) is 2. The van der Waals surface area contributed by atoms with E-state index in [9.17, 15) is 0 Å². The Labute approximate surface area is 244 Å². The molecule has 0 spiro atoms. The van der Waals surface area contributed by atoms with E-state index in [2.05, 4.69) is 49.3 Å². The summed E-state index contributed by atoms with van der Waals surface area (Å²) in [4.78, 5) is 8.80. The molecule has 1 heterocycles. The number of aromatic nitrogens is 1. The number of benzene rings is 1. The predicted molar refractivity (Wildman–Crippen MR) is 171 cm³/mol. The number of halogens is 2. The van der Waals surface area contributed by atoms with E-state index in [1.165, 1.54) is 12.1 Å². The maximum Gasteiger partial charge on any atom is 0.278 e. The maximum absolute atomic E-state index is 15.1. The SMILES string of the molecule is C=CCc1ccc(NCC(=C)/C(C(N)=NC(=C=CC)c2ccncc2)=C(/C)CC(=C)CCC)c(C(F)(F)CC=C)c1. The van der Waals surface area contributed by atoms with Gasteiger partial charge < -0.3 is 11.1 Å². The molecule has 0 atom stereocenters. The lowest BCUT2D eigenvalue weighted by molar-refractivity contribution is -0.000175. The van der Waals surface area contributed by atoms with Gasteiger partial charge in [-0.25, -0.2) is 13.8 Å². The Hall–Kier alpha value is -4.28. The predicted octanol–water partition coefficient (Wildman–Crippen LogP) is 9.08. The Morgan fingerprint density at radius 2 is 1.85 bits per heavy atom. The molecule has 0 fully saturated rings. The zero-order chi connectivity index (χ0) is 30.4. The molecule has 0 radical (unpaired) electrons. The number of allylic oxidation sites excluding steroid dienone is 5. The van der Waals surface area contributed by atoms with Crippen LogP contribution < -0.4 is 11.1 Å². The molecule has 2 rings (SSSR count). The van der Waals surface area contributed by atoms with Crippen molar-refractivity contribution < 1.29 is 8.78 Å². The van der Waals surface area contributed by atoms with Crippen LogP contribution in [0.2, 0.25) is 0 Å². The molecule has 216 valence electrons. The van der Waals surface area contributed by atoms with Crippen LogP contribution in [0.3, 0.4) is 0 Å². The Morgan fingerprint density at radius 3 is 2.46 bits per heavy atom. The first kappa shape index (κ1) is 32.9. The lowest BCUT2D eigenvalue weighted by Gasteiger charge is -2.22. The van der Waals surface area contributed by atoms with Gasteiger partial charge in [-0.3, -0.25) is 4.98 Å². The van der Waals surface area contributed by atoms with Crippen molar-refractivity contribution in [1.82, 2.24) is 4.98 Å². The van der Waals surface area contributed by atoms with Gasteiger partial charge in [-0.15, -0.1) is 13.2 Å². The molecule has 0 saturated heterocycles. The number of aliphatic imine (C=N–C) groups is 1. The van der Waals surface area contributed by atoms with Crippen molar-refractivity contribution in [3.8, 4) is 0 Å². The first-order chi connectivity index (χ1) is 19.6. The topological polar surface area (TPSA) is 63.3 Å². The third-order valence-electron chi connectivity index (χ3n) is 6.37. The van der Waals surface area contributed by atoms with Gasteiger partial charge >= 0.3 is 0 Å². The standard InChI is InChI=1S/C35H42F2N4/c1-8-12-25(5)22-26(6)33(34(38)41-31(14-10-3)29-17-20-39-21-18-29)27(7)24-40-32-16-15-28(13-9-2)23-30(32)35(36,37)19-11-4/h9-11,15-18,20-21,23,40H,2,4-5,7-8,12-13,19,22,24H2,1,3,6H3,(H2,38,41)/b33-26+. The average Bonchev–Trinajstić information content (AvgIpc) is 2.93. The van der Waals surface area contributed by atoms with Crippen LogP contribution in [0.15, 0.2) is 120 Å². The van der Waals surface area contributed by atoms with E-state index in [1.54, 1.807) is 30.6 Å². The second-order valence-electron chi connectivity index (χ2n) is 9.87. The second kappa shape index (κ2) is 16.1. The van der Waals surface area contributed by atoms with Crippen molar-refractivity contribution in [1.29, 1.82) is 0 Å². The number of hydrogen-bond donors (Lipinski definition) is 2. The van der Waals surface area contributed by atoms with Gasteiger partial charge in [0.05, 0.1) is 0 Å². The molecule has 0 bridgehead atoms. The van der Waals surface area contributed by atoms with Crippen molar-refractivity contribution in [3.63, 3.8) is 0 Å². The maximum atomic E-state index is 15.1. The average molecular weight is 557 g/mol. The number of amidine groups is 1. The molecular formula is C35H42F2N4. The molecule has 4 nitrogen and oxygen atoms in total. The van der Waals surface area contributed by atoms with Crippen molar-refractivity contribution in [2.45, 2.75) is 58.8 Å². The molecule has 0 unspecified atom stereocenters. The molecule has 0 aliphatic rings. The zero-order valence-electron chi connectivity index (χ0n) is 24.6. The number of anilines is 1. The Bertz CT molecular complexity index is 1370. The molecular weight excluding hydrogens is 514 g/mol. The Balaban J connectivity index is 2.52. The van der Waals surface area contributed by atoms with E-state index in [4.69, 9.17) is 10.7 Å². The largest absolute Gasteiger partial charge is 0.383 e. The summed E-state index contributed by atoms with van der Waals surface area (Å²) in [6.45, 7) is 21.8. The van der Waals surface area contributed by atoms with E-state index in [0.29, 0.717) is 35.4 Å². The Kier molecular flexibility index (Phi) is 12.9. The molecule has 0 amide bonds. The summed E-state index contributed by atoms with van der Waals surface area (Å²) in [5, 5.41) is 3.18. The first-order valence-electron chi connectivity index (χ1n) is 13.8. The summed E-state index contributed by atoms with van der Waals surface area (Å²) < 4.78 is 30.3. The van der Waals surface area contributed by atoms with E-state index >= 15 is 8.78 Å². The third-order valence-corrected chi connectivity index (χ3v) is 6.37. The van der Waals surface area contributed by atoms with Gasteiger partial charge in [0.2, 0.25) is 0 Å². The highest BCUT2D eigenvalue weighted by atomic mass is 19.3. The van der Waals surface area contributed by atoms with Crippen LogP contribution >= 0.6 is 0 Å². The molecule has 0 aliphatic carbocycles. The molecule has 1 aromatic heterocycles. The van der Waals surface area contributed by atoms with E-state index in [-0.39, 0.29) is 17.9 Å². The van der Waals surface area contributed by atoms with Crippen molar-refractivity contribution >= 4 is 17.2 Å². The highest BCUT2D eigenvalue weighted by molar-refractivity contribution is 6.04. The van der Waals surface area contributed by atoms with Crippen LogP contribution in [0.25, 0.3) is 5.70 Å². The fourth-order valence-electron chi connectivity index (χ4n) is 4.53. The smallest absolute Gasteiger partial charge is 0.278 e. The molecule has 0 saturated carbocycles. The van der Waals surface area contributed by atoms with Gasteiger partial charge in [-0.1, -0.05) is 61.6 Å². The van der Waals surface area contributed by atoms with Gasteiger partial charge in [-0.2, -0.15) is 0 Å². The van der Waals surface area contributed by atoms with Crippen LogP contribution in [0.1, 0.15) is 63.1 Å². The number of pyridine rings is 1. The number of hydrogen-bond acceptors (Lipinski definition) is 3. The van der Waals surface area contributed by atoms with Crippen molar-refractivity contribution in [3.05, 3.63) is 132 Å². The Morgan fingerprint density at radius 1 is 1.15 bits per heavy atom. The lowest BCUT2D eigenvalue weighted by atomic mass is 9.94. The minimum absolute atomic E-state index is 0.0965. The van der Waals surface area contributed by atoms with Gasteiger partial charge in [0.25, 0.3) is 5.92 Å². The molecule has 1 aromatic carbocycles. The molecule has 41 heavy (non-hydrogen) atoms. The van der Waals surface area contributed by atoms with Crippen LogP contribution in [-0.2, 0) is 12.3 Å². The van der Waals surface area contributed by atoms with E-state index in [1.807, 2.05) is 32.0 Å². The first-order valence-corrected chi connectivity index (χ1v) is 13.8.